The Kier molecular flexibility index (Phi) is 10.6. The van der Waals surface area contributed by atoms with E-state index in [0.29, 0.717) is 20.6 Å². The molecule has 0 aliphatic heterocycles. The molecule has 0 aliphatic carbocycles. The Balaban J connectivity index is 1.95. The van der Waals surface area contributed by atoms with Gasteiger partial charge in [-0.1, -0.05) is 83.3 Å². The minimum absolute atomic E-state index is 0.0697. The minimum atomic E-state index is -3.63. The Morgan fingerprint density at radius 3 is 2.13 bits per heavy atom. The van der Waals surface area contributed by atoms with E-state index in [-0.39, 0.29) is 19.5 Å². The summed E-state index contributed by atoms with van der Waals surface area (Å²) in [7, 11) is -2.30. The van der Waals surface area contributed by atoms with Gasteiger partial charge < -0.3 is 10.2 Å². The molecule has 202 valence electrons. The van der Waals surface area contributed by atoms with Crippen LogP contribution in [0.2, 0.25) is 15.1 Å². The second-order valence-corrected chi connectivity index (χ2v) is 12.2. The number of nitrogens with zero attached hydrogens (tertiary/aromatic N) is 2. The molecule has 0 aromatic heterocycles. The number of halogens is 3. The van der Waals surface area contributed by atoms with Gasteiger partial charge in [0.1, 0.15) is 6.04 Å². The maximum Gasteiger partial charge on any atom is 0.243 e. The SMILES string of the molecule is CN(CC(=O)N(Cc1ccc(Cl)cc1)[C@@H](Cc1ccccc1)C(=O)NCc1ccc(Cl)cc1Cl)S(C)(=O)=O. The van der Waals surface area contributed by atoms with Crippen molar-refractivity contribution in [3.63, 3.8) is 0 Å². The fraction of sp³-hybridized carbons (Fsp3) is 0.259. The Morgan fingerprint density at radius 2 is 1.53 bits per heavy atom. The monoisotopic (exact) mass is 595 g/mol. The first-order valence-electron chi connectivity index (χ1n) is 11.6. The molecule has 3 aromatic rings. The van der Waals surface area contributed by atoms with E-state index in [1.165, 1.54) is 11.9 Å². The van der Waals surface area contributed by atoms with Crippen molar-refractivity contribution in [3.05, 3.63) is 105 Å². The first-order valence-corrected chi connectivity index (χ1v) is 14.6. The van der Waals surface area contributed by atoms with Crippen molar-refractivity contribution >= 4 is 56.6 Å². The summed E-state index contributed by atoms with van der Waals surface area (Å²) < 4.78 is 25.0. The van der Waals surface area contributed by atoms with Gasteiger partial charge >= 0.3 is 0 Å². The zero-order valence-corrected chi connectivity index (χ0v) is 24.0. The second-order valence-electron chi connectivity index (χ2n) is 8.83. The normalized spacial score (nSPS) is 12.3. The van der Waals surface area contributed by atoms with E-state index in [4.69, 9.17) is 34.8 Å². The number of hydrogen-bond acceptors (Lipinski definition) is 4. The smallest absolute Gasteiger partial charge is 0.243 e. The molecule has 38 heavy (non-hydrogen) atoms. The van der Waals surface area contributed by atoms with Crippen molar-refractivity contribution in [1.82, 2.24) is 14.5 Å². The van der Waals surface area contributed by atoms with Gasteiger partial charge in [-0.2, -0.15) is 4.31 Å². The lowest BCUT2D eigenvalue weighted by Crippen LogP contribution is -2.52. The van der Waals surface area contributed by atoms with E-state index in [0.717, 1.165) is 21.7 Å². The zero-order valence-electron chi connectivity index (χ0n) is 20.9. The van der Waals surface area contributed by atoms with Crippen LogP contribution in [0.1, 0.15) is 16.7 Å². The van der Waals surface area contributed by atoms with Crippen LogP contribution in [-0.2, 0) is 39.1 Å². The molecule has 0 saturated carbocycles. The van der Waals surface area contributed by atoms with Crippen LogP contribution in [0.5, 0.6) is 0 Å². The fourth-order valence-electron chi connectivity index (χ4n) is 3.70. The molecule has 0 spiro atoms. The van der Waals surface area contributed by atoms with Gasteiger partial charge in [-0.25, -0.2) is 8.42 Å². The maximum atomic E-state index is 13.6. The average Bonchev–Trinajstić information content (AvgIpc) is 2.86. The molecule has 0 heterocycles. The number of nitrogens with one attached hydrogen (secondary N) is 1. The van der Waals surface area contributed by atoms with E-state index in [2.05, 4.69) is 5.32 Å². The van der Waals surface area contributed by atoms with E-state index in [1.807, 2.05) is 30.3 Å². The lowest BCUT2D eigenvalue weighted by Gasteiger charge is -2.32. The highest BCUT2D eigenvalue weighted by Gasteiger charge is 2.32. The van der Waals surface area contributed by atoms with E-state index in [1.54, 1.807) is 42.5 Å². The summed E-state index contributed by atoms with van der Waals surface area (Å²) in [5.74, 6) is -0.933. The lowest BCUT2D eigenvalue weighted by molar-refractivity contribution is -0.141. The summed E-state index contributed by atoms with van der Waals surface area (Å²) in [5, 5.41) is 4.29. The minimum Gasteiger partial charge on any atom is -0.350 e. The molecule has 0 saturated heterocycles. The zero-order chi connectivity index (χ0) is 27.9. The number of carbonyl (C=O) groups excluding carboxylic acids is 2. The molecule has 0 fully saturated rings. The van der Waals surface area contributed by atoms with Crippen molar-refractivity contribution in [2.45, 2.75) is 25.6 Å². The van der Waals surface area contributed by atoms with E-state index in [9.17, 15) is 18.0 Å². The summed E-state index contributed by atoms with van der Waals surface area (Å²) in [4.78, 5) is 28.6. The summed E-state index contributed by atoms with van der Waals surface area (Å²) in [6, 6.07) is 20.2. The Labute approximate surface area is 238 Å². The highest BCUT2D eigenvalue weighted by Crippen LogP contribution is 2.22. The third-order valence-corrected chi connectivity index (χ3v) is 8.03. The topological polar surface area (TPSA) is 86.8 Å². The van der Waals surface area contributed by atoms with Crippen LogP contribution in [-0.4, -0.2) is 55.3 Å². The van der Waals surface area contributed by atoms with Gasteiger partial charge in [0, 0.05) is 41.6 Å². The third-order valence-electron chi connectivity index (χ3n) is 5.93. The first-order chi connectivity index (χ1) is 17.9. The number of amides is 2. The number of likely N-dealkylation sites (N-methyl/N-ethyl adjacent to an activating group) is 1. The van der Waals surface area contributed by atoms with Crippen LogP contribution in [0, 0.1) is 0 Å². The molecule has 0 aliphatic rings. The molecular formula is C27H28Cl3N3O4S. The highest BCUT2D eigenvalue weighted by molar-refractivity contribution is 7.88. The molecule has 2 amide bonds. The molecular weight excluding hydrogens is 569 g/mol. The molecule has 1 N–H and O–H groups in total. The Morgan fingerprint density at radius 1 is 0.895 bits per heavy atom. The number of benzene rings is 3. The van der Waals surface area contributed by atoms with Gasteiger partial charge in [-0.05, 0) is 41.0 Å². The van der Waals surface area contributed by atoms with Crippen LogP contribution < -0.4 is 5.32 Å². The molecule has 3 aromatic carbocycles. The predicted octanol–water partition coefficient (Wildman–Crippen LogP) is 4.79. The van der Waals surface area contributed by atoms with Crippen molar-refractivity contribution in [2.24, 2.45) is 0 Å². The predicted molar refractivity (Wildman–Crippen MR) is 152 cm³/mol. The Hall–Kier alpha value is -2.62. The van der Waals surface area contributed by atoms with Crippen LogP contribution in [0.4, 0.5) is 0 Å². The van der Waals surface area contributed by atoms with Gasteiger partial charge in [0.15, 0.2) is 0 Å². The summed E-state index contributed by atoms with van der Waals surface area (Å²) in [6.45, 7) is -0.236. The van der Waals surface area contributed by atoms with Crippen LogP contribution in [0.15, 0.2) is 72.8 Å². The van der Waals surface area contributed by atoms with E-state index >= 15 is 0 Å². The molecule has 0 bridgehead atoms. The maximum absolute atomic E-state index is 13.6. The van der Waals surface area contributed by atoms with Gasteiger partial charge in [0.25, 0.3) is 0 Å². The summed E-state index contributed by atoms with van der Waals surface area (Å²) in [5.41, 5.74) is 2.23. The Bertz CT molecular complexity index is 1370. The van der Waals surface area contributed by atoms with Crippen LogP contribution >= 0.6 is 34.8 Å². The van der Waals surface area contributed by atoms with Crippen molar-refractivity contribution in [1.29, 1.82) is 0 Å². The number of sulfonamides is 1. The largest absolute Gasteiger partial charge is 0.350 e. The van der Waals surface area contributed by atoms with Crippen molar-refractivity contribution < 1.29 is 18.0 Å². The fourth-order valence-corrected chi connectivity index (χ4v) is 4.65. The average molecular weight is 597 g/mol. The van der Waals surface area contributed by atoms with Gasteiger partial charge in [0.2, 0.25) is 21.8 Å². The van der Waals surface area contributed by atoms with E-state index < -0.39 is 34.4 Å². The van der Waals surface area contributed by atoms with Crippen molar-refractivity contribution in [2.75, 3.05) is 19.8 Å². The van der Waals surface area contributed by atoms with Gasteiger partial charge in [-0.15, -0.1) is 0 Å². The quantitative estimate of drug-likeness (QED) is 0.345. The van der Waals surface area contributed by atoms with Gasteiger partial charge in [-0.3, -0.25) is 9.59 Å². The van der Waals surface area contributed by atoms with Gasteiger partial charge in [0.05, 0.1) is 12.8 Å². The summed E-state index contributed by atoms with van der Waals surface area (Å²) >= 11 is 18.3. The summed E-state index contributed by atoms with van der Waals surface area (Å²) in [6.07, 6.45) is 1.23. The number of hydrogen-bond donors (Lipinski definition) is 1. The molecule has 11 heteroatoms. The molecule has 0 radical (unpaired) electrons. The van der Waals surface area contributed by atoms with Crippen LogP contribution in [0.3, 0.4) is 0 Å². The molecule has 3 rings (SSSR count). The molecule has 1 atom stereocenters. The number of carbonyl (C=O) groups is 2. The first kappa shape index (κ1) is 29.9. The lowest BCUT2D eigenvalue weighted by atomic mass is 10.0. The van der Waals surface area contributed by atoms with Crippen LogP contribution in [0.25, 0.3) is 0 Å². The third kappa shape index (κ3) is 8.71. The second kappa shape index (κ2) is 13.4. The molecule has 0 unspecified atom stereocenters. The number of rotatable bonds is 11. The standard InChI is InChI=1S/C27H28Cl3N3O4S/c1-32(38(2,36)37)18-26(34)33(17-20-8-11-22(28)12-9-20)25(14-19-6-4-3-5-7-19)27(35)31-16-21-10-13-23(29)15-24(21)30/h3-13,15,25H,14,16-18H2,1-2H3,(H,31,35)/t25-/m0/s1. The highest BCUT2D eigenvalue weighted by atomic mass is 35.5. The molecule has 7 nitrogen and oxygen atoms in total. The van der Waals surface area contributed by atoms with Crippen molar-refractivity contribution in [3.8, 4) is 0 Å².